The van der Waals surface area contributed by atoms with E-state index in [4.69, 9.17) is 0 Å². The molecule has 26 heavy (non-hydrogen) atoms. The third-order valence-corrected chi connectivity index (χ3v) is 4.59. The van der Waals surface area contributed by atoms with E-state index in [0.29, 0.717) is 29.2 Å². The van der Waals surface area contributed by atoms with Crippen molar-refractivity contribution in [2.75, 3.05) is 23.3 Å². The van der Waals surface area contributed by atoms with Gasteiger partial charge in [0.25, 0.3) is 0 Å². The van der Waals surface area contributed by atoms with Gasteiger partial charge in [-0.05, 0) is 36.2 Å². The van der Waals surface area contributed by atoms with Crippen LogP contribution in [0.5, 0.6) is 0 Å². The number of aliphatic imine (C=N–C) groups is 1. The van der Waals surface area contributed by atoms with Crippen LogP contribution < -0.4 is 10.2 Å². The molecule has 1 amide bonds. The van der Waals surface area contributed by atoms with Crippen molar-refractivity contribution in [3.63, 3.8) is 0 Å². The van der Waals surface area contributed by atoms with Crippen LogP contribution in [0.2, 0.25) is 0 Å². The summed E-state index contributed by atoms with van der Waals surface area (Å²) in [4.78, 5) is 18.3. The maximum Gasteiger partial charge on any atom is 0.237 e. The first-order chi connectivity index (χ1) is 12.6. The number of fused-ring (bicyclic) bond motifs is 1. The number of nitrogens with zero attached hydrogens (tertiary/aromatic N) is 2. The highest BCUT2D eigenvalue weighted by molar-refractivity contribution is 6.12. The highest BCUT2D eigenvalue weighted by Crippen LogP contribution is 2.32. The number of nitrogens with one attached hydrogen (secondary N) is 1. The van der Waals surface area contributed by atoms with Crippen LogP contribution in [0, 0.1) is 11.6 Å². The molecule has 0 aromatic heterocycles. The number of benzene rings is 2. The Morgan fingerprint density at radius 3 is 2.81 bits per heavy atom. The lowest BCUT2D eigenvalue weighted by molar-refractivity contribution is -0.115. The Morgan fingerprint density at radius 1 is 1.15 bits per heavy atom. The second-order valence-electron chi connectivity index (χ2n) is 6.32. The number of amides is 1. The molecule has 132 valence electrons. The Morgan fingerprint density at radius 2 is 2.04 bits per heavy atom. The Balaban J connectivity index is 1.55. The predicted molar refractivity (Wildman–Crippen MR) is 98.3 cm³/mol. The minimum absolute atomic E-state index is 0.272. The van der Waals surface area contributed by atoms with Gasteiger partial charge in [-0.3, -0.25) is 9.79 Å². The quantitative estimate of drug-likeness (QED) is 0.665. The molecule has 0 saturated heterocycles. The fourth-order valence-electron chi connectivity index (χ4n) is 3.26. The van der Waals surface area contributed by atoms with Gasteiger partial charge in [-0.1, -0.05) is 18.2 Å². The molecule has 6 heteroatoms. The van der Waals surface area contributed by atoms with Crippen molar-refractivity contribution in [3.8, 4) is 0 Å². The molecule has 0 bridgehead atoms. The average Bonchev–Trinajstić information content (AvgIpc) is 2.95. The zero-order valence-electron chi connectivity index (χ0n) is 14.0. The van der Waals surface area contributed by atoms with Crippen molar-refractivity contribution in [2.45, 2.75) is 12.3 Å². The number of anilines is 2. The lowest BCUT2D eigenvalue weighted by Gasteiger charge is -2.26. The summed E-state index contributed by atoms with van der Waals surface area (Å²) in [5.74, 6) is -1.63. The van der Waals surface area contributed by atoms with E-state index in [0.717, 1.165) is 13.0 Å². The summed E-state index contributed by atoms with van der Waals surface area (Å²) in [6.07, 6.45) is 6.48. The minimum Gasteiger partial charge on any atom is -0.365 e. The third-order valence-electron chi connectivity index (χ3n) is 4.59. The zero-order valence-corrected chi connectivity index (χ0v) is 14.0. The van der Waals surface area contributed by atoms with Gasteiger partial charge in [0, 0.05) is 31.1 Å². The normalized spacial score (nSPS) is 19.1. The van der Waals surface area contributed by atoms with Gasteiger partial charge in [0.05, 0.1) is 11.4 Å². The summed E-state index contributed by atoms with van der Waals surface area (Å²) in [5, 5.41) is 2.63. The largest absolute Gasteiger partial charge is 0.365 e. The number of halogens is 2. The van der Waals surface area contributed by atoms with Gasteiger partial charge >= 0.3 is 0 Å². The smallest absolute Gasteiger partial charge is 0.237 e. The average molecular weight is 353 g/mol. The van der Waals surface area contributed by atoms with Gasteiger partial charge < -0.3 is 10.2 Å². The molecule has 2 aromatic rings. The number of hydrogen-bond donors (Lipinski definition) is 1. The summed E-state index contributed by atoms with van der Waals surface area (Å²) in [6, 6.07) is 8.95. The lowest BCUT2D eigenvalue weighted by atomic mass is 10.0. The Hall–Kier alpha value is -3.02. The van der Waals surface area contributed by atoms with Crippen LogP contribution in [0.3, 0.4) is 0 Å². The molecule has 0 fully saturated rings. The van der Waals surface area contributed by atoms with Crippen LogP contribution in [0.1, 0.15) is 17.9 Å². The fourth-order valence-corrected chi connectivity index (χ4v) is 3.26. The molecule has 2 heterocycles. The molecule has 1 atom stereocenters. The second-order valence-corrected chi connectivity index (χ2v) is 6.32. The Bertz CT molecular complexity index is 923. The monoisotopic (exact) mass is 353 g/mol. The Kier molecular flexibility index (Phi) is 4.24. The van der Waals surface area contributed by atoms with Gasteiger partial charge in [-0.2, -0.15) is 0 Å². The van der Waals surface area contributed by atoms with Gasteiger partial charge in [-0.25, -0.2) is 8.78 Å². The van der Waals surface area contributed by atoms with Crippen LogP contribution in [0.25, 0.3) is 0 Å². The van der Waals surface area contributed by atoms with Gasteiger partial charge in [0.1, 0.15) is 17.6 Å². The molecule has 0 spiro atoms. The highest BCUT2D eigenvalue weighted by Gasteiger charge is 2.29. The summed E-state index contributed by atoms with van der Waals surface area (Å²) < 4.78 is 27.7. The van der Waals surface area contributed by atoms with Crippen LogP contribution in [0.4, 0.5) is 25.8 Å². The molecular formula is C20H17F2N3O. The van der Waals surface area contributed by atoms with Gasteiger partial charge in [0.15, 0.2) is 0 Å². The van der Waals surface area contributed by atoms with E-state index in [1.165, 1.54) is 24.4 Å². The standard InChI is InChI=1S/C20H17F2N3O/c21-13-4-6-15-16(20(26)24-18(15)10-13)12-23-14-5-7-19(17(22)11-14)25-8-2-1-3-9-25/h1-2,4-7,10-12,16H,3,8-9H2,(H,24,26). The van der Waals surface area contributed by atoms with Crippen molar-refractivity contribution in [2.24, 2.45) is 4.99 Å². The molecule has 0 aliphatic carbocycles. The first-order valence-corrected chi connectivity index (χ1v) is 8.46. The molecule has 4 nitrogen and oxygen atoms in total. The van der Waals surface area contributed by atoms with E-state index >= 15 is 0 Å². The van der Waals surface area contributed by atoms with E-state index in [2.05, 4.69) is 16.4 Å². The van der Waals surface area contributed by atoms with Crippen molar-refractivity contribution in [1.29, 1.82) is 0 Å². The van der Waals surface area contributed by atoms with Crippen molar-refractivity contribution in [3.05, 3.63) is 65.7 Å². The SMILES string of the molecule is O=C1Nc2cc(F)ccc2C1C=Nc1ccc(N2CC=CCC2)c(F)c1. The second kappa shape index (κ2) is 6.71. The maximum absolute atomic E-state index is 14.4. The molecule has 1 N–H and O–H groups in total. The molecule has 4 rings (SSSR count). The summed E-state index contributed by atoms with van der Waals surface area (Å²) in [7, 11) is 0. The topological polar surface area (TPSA) is 44.7 Å². The van der Waals surface area contributed by atoms with E-state index in [9.17, 15) is 13.6 Å². The molecule has 2 aliphatic rings. The number of carbonyl (C=O) groups is 1. The third kappa shape index (κ3) is 3.10. The number of hydrogen-bond acceptors (Lipinski definition) is 3. The summed E-state index contributed by atoms with van der Waals surface area (Å²) >= 11 is 0. The van der Waals surface area contributed by atoms with E-state index in [-0.39, 0.29) is 11.7 Å². The highest BCUT2D eigenvalue weighted by atomic mass is 19.1. The summed E-state index contributed by atoms with van der Waals surface area (Å²) in [6.45, 7) is 1.47. The molecule has 0 saturated carbocycles. The number of rotatable bonds is 3. The van der Waals surface area contributed by atoms with Crippen LogP contribution in [-0.4, -0.2) is 25.2 Å². The zero-order chi connectivity index (χ0) is 18.1. The lowest BCUT2D eigenvalue weighted by Crippen LogP contribution is -2.27. The first-order valence-electron chi connectivity index (χ1n) is 8.46. The molecule has 2 aliphatic heterocycles. The van der Waals surface area contributed by atoms with Crippen LogP contribution in [0.15, 0.2) is 53.5 Å². The van der Waals surface area contributed by atoms with Crippen molar-refractivity contribution < 1.29 is 13.6 Å². The van der Waals surface area contributed by atoms with Gasteiger partial charge in [0.2, 0.25) is 5.91 Å². The van der Waals surface area contributed by atoms with Crippen molar-refractivity contribution >= 4 is 29.2 Å². The van der Waals surface area contributed by atoms with Gasteiger partial charge in [-0.15, -0.1) is 0 Å². The van der Waals surface area contributed by atoms with Crippen LogP contribution >= 0.6 is 0 Å². The Labute approximate surface area is 149 Å². The molecular weight excluding hydrogens is 336 g/mol. The van der Waals surface area contributed by atoms with E-state index in [1.807, 2.05) is 11.0 Å². The maximum atomic E-state index is 14.4. The van der Waals surface area contributed by atoms with E-state index < -0.39 is 11.7 Å². The minimum atomic E-state index is -0.611. The molecule has 2 aromatic carbocycles. The first kappa shape index (κ1) is 16.4. The molecule has 1 unspecified atom stereocenters. The fraction of sp³-hybridized carbons (Fsp3) is 0.200. The van der Waals surface area contributed by atoms with Crippen molar-refractivity contribution in [1.82, 2.24) is 0 Å². The van der Waals surface area contributed by atoms with Crippen LogP contribution in [-0.2, 0) is 4.79 Å². The summed E-state index contributed by atoms with van der Waals surface area (Å²) in [5.41, 5.74) is 2.10. The van der Waals surface area contributed by atoms with E-state index in [1.54, 1.807) is 18.2 Å². The number of carbonyl (C=O) groups excluding carboxylic acids is 1. The predicted octanol–water partition coefficient (Wildman–Crippen LogP) is 4.17. The molecule has 0 radical (unpaired) electrons.